The van der Waals surface area contributed by atoms with E-state index in [0.717, 1.165) is 5.75 Å². The van der Waals surface area contributed by atoms with Crippen LogP contribution >= 0.6 is 0 Å². The van der Waals surface area contributed by atoms with E-state index in [1.165, 1.54) is 5.56 Å². The summed E-state index contributed by atoms with van der Waals surface area (Å²) < 4.78 is 16.8. The number of aryl methyl sites for hydroxylation is 1. The van der Waals surface area contributed by atoms with Gasteiger partial charge in [0.1, 0.15) is 24.7 Å². The predicted octanol–water partition coefficient (Wildman–Crippen LogP) is 4.79. The Morgan fingerprint density at radius 3 is 2.04 bits per heavy atom. The number of hydrogen-bond acceptors (Lipinski definition) is 4. The van der Waals surface area contributed by atoms with Crippen LogP contribution in [0.2, 0.25) is 0 Å². The van der Waals surface area contributed by atoms with Gasteiger partial charge in [-0.15, -0.1) is 0 Å². The molecule has 3 aromatic carbocycles. The van der Waals surface area contributed by atoms with Crippen molar-refractivity contribution in [2.45, 2.75) is 6.92 Å². The Balaban J connectivity index is 1.51. The van der Waals surface area contributed by atoms with E-state index in [9.17, 15) is 4.79 Å². The van der Waals surface area contributed by atoms with Gasteiger partial charge >= 0.3 is 0 Å². The maximum atomic E-state index is 12.7. The quantitative estimate of drug-likeness (QED) is 0.637. The van der Waals surface area contributed by atoms with Gasteiger partial charge in [0.05, 0.1) is 0 Å². The second-order valence-electron chi connectivity index (χ2n) is 6.13. The summed E-state index contributed by atoms with van der Waals surface area (Å²) in [7, 11) is 0. The molecule has 0 aliphatic carbocycles. The Morgan fingerprint density at radius 2 is 1.35 bits per heavy atom. The van der Waals surface area contributed by atoms with Crippen molar-refractivity contribution in [3.05, 3.63) is 83.4 Å². The zero-order chi connectivity index (χ0) is 17.9. The summed E-state index contributed by atoms with van der Waals surface area (Å²) in [4.78, 5) is 12.7. The third-order valence-electron chi connectivity index (χ3n) is 4.18. The monoisotopic (exact) mass is 346 g/mol. The molecule has 3 aromatic rings. The smallest absolute Gasteiger partial charge is 0.193 e. The topological polar surface area (TPSA) is 44.8 Å². The van der Waals surface area contributed by atoms with E-state index in [2.05, 4.69) is 0 Å². The van der Waals surface area contributed by atoms with Crippen LogP contribution in [0, 0.1) is 6.92 Å². The molecule has 0 atom stereocenters. The normalized spacial score (nSPS) is 12.5. The Kier molecular flexibility index (Phi) is 4.32. The van der Waals surface area contributed by atoms with E-state index in [1.807, 2.05) is 31.2 Å². The zero-order valence-electron chi connectivity index (χ0n) is 14.4. The fraction of sp³-hybridized carbons (Fsp3) is 0.136. The standard InChI is InChI=1S/C22H18O4/c1-15-2-7-18(8-3-15)26-19-9-4-16(5-10-19)22(23)17-6-11-20-21(14-17)25-13-12-24-20/h2-11,14H,12-13H2,1H3. The van der Waals surface area contributed by atoms with Crippen molar-refractivity contribution < 1.29 is 19.0 Å². The highest BCUT2D eigenvalue weighted by molar-refractivity contribution is 6.09. The number of fused-ring (bicyclic) bond motifs is 1. The molecular formula is C22H18O4. The van der Waals surface area contributed by atoms with Crippen LogP contribution in [-0.4, -0.2) is 19.0 Å². The van der Waals surface area contributed by atoms with Crippen LogP contribution in [0.25, 0.3) is 0 Å². The molecule has 4 heteroatoms. The first-order valence-electron chi connectivity index (χ1n) is 8.48. The minimum atomic E-state index is -0.0659. The van der Waals surface area contributed by atoms with E-state index >= 15 is 0 Å². The van der Waals surface area contributed by atoms with Gasteiger partial charge < -0.3 is 14.2 Å². The molecule has 0 bridgehead atoms. The zero-order valence-corrected chi connectivity index (χ0v) is 14.4. The molecular weight excluding hydrogens is 328 g/mol. The number of carbonyl (C=O) groups is 1. The minimum absolute atomic E-state index is 0.0659. The van der Waals surface area contributed by atoms with Gasteiger partial charge in [0.25, 0.3) is 0 Å². The summed E-state index contributed by atoms with van der Waals surface area (Å²) in [6.45, 7) is 3.06. The first-order chi connectivity index (χ1) is 12.7. The largest absolute Gasteiger partial charge is 0.486 e. The fourth-order valence-corrected chi connectivity index (χ4v) is 2.77. The highest BCUT2D eigenvalue weighted by Crippen LogP contribution is 2.31. The number of benzene rings is 3. The van der Waals surface area contributed by atoms with Crippen molar-refractivity contribution >= 4 is 5.78 Å². The summed E-state index contributed by atoms with van der Waals surface area (Å²) in [5.41, 5.74) is 2.34. The molecule has 0 unspecified atom stereocenters. The van der Waals surface area contributed by atoms with Crippen molar-refractivity contribution in [1.82, 2.24) is 0 Å². The molecule has 0 aromatic heterocycles. The van der Waals surface area contributed by atoms with Crippen LogP contribution in [0.3, 0.4) is 0 Å². The molecule has 1 aliphatic heterocycles. The number of rotatable bonds is 4. The van der Waals surface area contributed by atoms with Gasteiger partial charge in [-0.1, -0.05) is 17.7 Å². The van der Waals surface area contributed by atoms with Gasteiger partial charge in [-0.25, -0.2) is 0 Å². The van der Waals surface area contributed by atoms with E-state index in [-0.39, 0.29) is 5.78 Å². The molecule has 0 N–H and O–H groups in total. The second kappa shape index (κ2) is 6.92. The lowest BCUT2D eigenvalue weighted by Crippen LogP contribution is -2.15. The third kappa shape index (κ3) is 3.40. The Labute approximate surface area is 152 Å². The van der Waals surface area contributed by atoms with Gasteiger partial charge in [0.15, 0.2) is 17.3 Å². The molecule has 1 aliphatic rings. The lowest BCUT2D eigenvalue weighted by Gasteiger charge is -2.18. The SMILES string of the molecule is Cc1ccc(Oc2ccc(C(=O)c3ccc4c(c3)OCCO4)cc2)cc1. The lowest BCUT2D eigenvalue weighted by atomic mass is 10.0. The summed E-state index contributed by atoms with van der Waals surface area (Å²) in [6.07, 6.45) is 0. The van der Waals surface area contributed by atoms with E-state index in [1.54, 1.807) is 42.5 Å². The Bertz CT molecular complexity index is 927. The van der Waals surface area contributed by atoms with Crippen LogP contribution in [-0.2, 0) is 0 Å². The van der Waals surface area contributed by atoms with Gasteiger partial charge in [0, 0.05) is 11.1 Å². The van der Waals surface area contributed by atoms with Crippen LogP contribution in [0.1, 0.15) is 21.5 Å². The predicted molar refractivity (Wildman–Crippen MR) is 98.6 cm³/mol. The lowest BCUT2D eigenvalue weighted by molar-refractivity contribution is 0.103. The number of hydrogen-bond donors (Lipinski definition) is 0. The summed E-state index contributed by atoms with van der Waals surface area (Å²) >= 11 is 0. The molecule has 0 saturated heterocycles. The van der Waals surface area contributed by atoms with E-state index in [0.29, 0.717) is 41.6 Å². The molecule has 0 radical (unpaired) electrons. The van der Waals surface area contributed by atoms with Gasteiger partial charge in [-0.05, 0) is 61.5 Å². The molecule has 0 saturated carbocycles. The van der Waals surface area contributed by atoms with Crippen molar-refractivity contribution in [3.8, 4) is 23.0 Å². The van der Waals surface area contributed by atoms with E-state index < -0.39 is 0 Å². The van der Waals surface area contributed by atoms with Gasteiger partial charge in [0.2, 0.25) is 0 Å². The third-order valence-corrected chi connectivity index (χ3v) is 4.18. The molecule has 0 amide bonds. The van der Waals surface area contributed by atoms with E-state index in [4.69, 9.17) is 14.2 Å². The first kappa shape index (κ1) is 16.2. The van der Waals surface area contributed by atoms with Crippen molar-refractivity contribution in [3.63, 3.8) is 0 Å². The van der Waals surface area contributed by atoms with Crippen LogP contribution < -0.4 is 14.2 Å². The van der Waals surface area contributed by atoms with Crippen molar-refractivity contribution in [2.75, 3.05) is 13.2 Å². The van der Waals surface area contributed by atoms with Crippen LogP contribution in [0.4, 0.5) is 0 Å². The van der Waals surface area contributed by atoms with Gasteiger partial charge in [-0.2, -0.15) is 0 Å². The molecule has 4 rings (SSSR count). The van der Waals surface area contributed by atoms with Crippen LogP contribution in [0.5, 0.6) is 23.0 Å². The molecule has 130 valence electrons. The maximum absolute atomic E-state index is 12.7. The summed E-state index contributed by atoms with van der Waals surface area (Å²) in [5, 5.41) is 0. The molecule has 26 heavy (non-hydrogen) atoms. The first-order valence-corrected chi connectivity index (χ1v) is 8.48. The Morgan fingerprint density at radius 1 is 0.769 bits per heavy atom. The summed E-state index contributed by atoms with van der Waals surface area (Å²) in [6, 6.07) is 20.2. The second-order valence-corrected chi connectivity index (χ2v) is 6.13. The number of ketones is 1. The number of carbonyl (C=O) groups excluding carboxylic acids is 1. The van der Waals surface area contributed by atoms with Crippen molar-refractivity contribution in [1.29, 1.82) is 0 Å². The highest BCUT2D eigenvalue weighted by Gasteiger charge is 2.16. The fourth-order valence-electron chi connectivity index (χ4n) is 2.77. The highest BCUT2D eigenvalue weighted by atomic mass is 16.6. The molecule has 4 nitrogen and oxygen atoms in total. The Hall–Kier alpha value is -3.27. The minimum Gasteiger partial charge on any atom is -0.486 e. The maximum Gasteiger partial charge on any atom is 0.193 e. The van der Waals surface area contributed by atoms with Crippen molar-refractivity contribution in [2.24, 2.45) is 0 Å². The average molecular weight is 346 g/mol. The summed E-state index contributed by atoms with van der Waals surface area (Å²) in [5.74, 6) is 2.68. The molecule has 0 fully saturated rings. The van der Waals surface area contributed by atoms with Gasteiger partial charge in [-0.3, -0.25) is 4.79 Å². The number of ether oxygens (including phenoxy) is 3. The molecule has 1 heterocycles. The molecule has 0 spiro atoms. The van der Waals surface area contributed by atoms with Crippen LogP contribution in [0.15, 0.2) is 66.7 Å². The average Bonchev–Trinajstić information content (AvgIpc) is 2.69.